The van der Waals surface area contributed by atoms with Crippen LogP contribution in [0, 0.1) is 6.92 Å². The average Bonchev–Trinajstić information content (AvgIpc) is 3.15. The lowest BCUT2D eigenvalue weighted by Gasteiger charge is -2.12. The maximum absolute atomic E-state index is 12.5. The molecule has 0 spiro atoms. The van der Waals surface area contributed by atoms with Crippen LogP contribution < -0.4 is 0 Å². The fourth-order valence-corrected chi connectivity index (χ4v) is 2.74. The standard InChI is InChI=1S/C18H19N5O2/c1-11-4-3-5-13(8-11)17-19-16(25-22-17)10-23(2)18(24)15-9-14(20-21-15)12-6-7-12/h3-5,8-9,12H,6-7,10H2,1-2H3,(H,20,21). The zero-order chi connectivity index (χ0) is 17.4. The summed E-state index contributed by atoms with van der Waals surface area (Å²) in [5.74, 6) is 1.28. The van der Waals surface area contributed by atoms with E-state index in [9.17, 15) is 4.79 Å². The van der Waals surface area contributed by atoms with Crippen LogP contribution >= 0.6 is 0 Å². The van der Waals surface area contributed by atoms with Crippen LogP contribution in [0.25, 0.3) is 11.4 Å². The zero-order valence-electron chi connectivity index (χ0n) is 14.2. The molecule has 3 aromatic rings. The van der Waals surface area contributed by atoms with Gasteiger partial charge in [-0.2, -0.15) is 10.1 Å². The summed E-state index contributed by atoms with van der Waals surface area (Å²) in [6, 6.07) is 9.72. The number of carbonyl (C=O) groups excluding carboxylic acids is 1. The summed E-state index contributed by atoms with van der Waals surface area (Å²) in [4.78, 5) is 18.4. The summed E-state index contributed by atoms with van der Waals surface area (Å²) >= 11 is 0. The summed E-state index contributed by atoms with van der Waals surface area (Å²) in [7, 11) is 1.70. The van der Waals surface area contributed by atoms with Crippen molar-refractivity contribution in [2.75, 3.05) is 7.05 Å². The van der Waals surface area contributed by atoms with Crippen LogP contribution in [0.15, 0.2) is 34.9 Å². The Morgan fingerprint density at radius 2 is 2.20 bits per heavy atom. The van der Waals surface area contributed by atoms with Crippen molar-refractivity contribution in [3.63, 3.8) is 0 Å². The Balaban J connectivity index is 1.45. The lowest BCUT2D eigenvalue weighted by molar-refractivity contribution is 0.0763. The molecule has 0 saturated heterocycles. The molecule has 7 heteroatoms. The predicted octanol–water partition coefficient (Wildman–Crippen LogP) is 2.92. The summed E-state index contributed by atoms with van der Waals surface area (Å²) in [5.41, 5.74) is 3.48. The number of H-pyrrole nitrogens is 1. The van der Waals surface area contributed by atoms with Gasteiger partial charge in [-0.15, -0.1) is 0 Å². The monoisotopic (exact) mass is 337 g/mol. The Kier molecular flexibility index (Phi) is 3.83. The maximum atomic E-state index is 12.5. The maximum Gasteiger partial charge on any atom is 0.274 e. The second-order valence-electron chi connectivity index (χ2n) is 6.53. The average molecular weight is 337 g/mol. The number of aromatic nitrogens is 4. The van der Waals surface area contributed by atoms with E-state index >= 15 is 0 Å². The molecular weight excluding hydrogens is 318 g/mol. The Bertz CT molecular complexity index is 910. The fourth-order valence-electron chi connectivity index (χ4n) is 2.74. The minimum Gasteiger partial charge on any atom is -0.337 e. The molecule has 2 aromatic heterocycles. The van der Waals surface area contributed by atoms with Gasteiger partial charge in [0.25, 0.3) is 5.91 Å². The van der Waals surface area contributed by atoms with Gasteiger partial charge < -0.3 is 9.42 Å². The number of amides is 1. The van der Waals surface area contributed by atoms with E-state index in [0.29, 0.717) is 23.3 Å². The van der Waals surface area contributed by atoms with Gasteiger partial charge in [0.2, 0.25) is 11.7 Å². The number of benzene rings is 1. The first-order valence-corrected chi connectivity index (χ1v) is 8.30. The molecule has 0 radical (unpaired) electrons. The van der Waals surface area contributed by atoms with Crippen molar-refractivity contribution >= 4 is 5.91 Å². The third-order valence-corrected chi connectivity index (χ3v) is 4.30. The van der Waals surface area contributed by atoms with Gasteiger partial charge in [0.15, 0.2) is 0 Å². The van der Waals surface area contributed by atoms with Crippen LogP contribution in [-0.2, 0) is 6.54 Å². The summed E-state index contributed by atoms with van der Waals surface area (Å²) < 4.78 is 5.29. The molecule has 7 nitrogen and oxygen atoms in total. The molecular formula is C18H19N5O2. The van der Waals surface area contributed by atoms with E-state index in [-0.39, 0.29) is 12.5 Å². The Hall–Kier alpha value is -2.96. The lowest BCUT2D eigenvalue weighted by atomic mass is 10.1. The highest BCUT2D eigenvalue weighted by Gasteiger charge is 2.27. The van der Waals surface area contributed by atoms with Gasteiger partial charge >= 0.3 is 0 Å². The molecule has 0 unspecified atom stereocenters. The fraction of sp³-hybridized carbons (Fsp3) is 0.333. The molecule has 1 saturated carbocycles. The first-order valence-electron chi connectivity index (χ1n) is 8.30. The number of carbonyl (C=O) groups is 1. The van der Waals surface area contributed by atoms with E-state index in [2.05, 4.69) is 20.3 Å². The minimum atomic E-state index is -0.168. The van der Waals surface area contributed by atoms with Gasteiger partial charge in [-0.25, -0.2) is 0 Å². The van der Waals surface area contributed by atoms with E-state index in [1.807, 2.05) is 37.3 Å². The smallest absolute Gasteiger partial charge is 0.274 e. The molecule has 4 rings (SSSR count). The van der Waals surface area contributed by atoms with Crippen LogP contribution in [0.3, 0.4) is 0 Å². The highest BCUT2D eigenvalue weighted by atomic mass is 16.5. The SMILES string of the molecule is Cc1cccc(-c2noc(CN(C)C(=O)c3cc(C4CC4)[nH]n3)n2)c1. The van der Waals surface area contributed by atoms with Gasteiger partial charge in [0, 0.05) is 24.2 Å². The molecule has 25 heavy (non-hydrogen) atoms. The van der Waals surface area contributed by atoms with Crippen molar-refractivity contribution in [2.45, 2.75) is 32.2 Å². The van der Waals surface area contributed by atoms with Crippen LogP contribution in [0.1, 0.15) is 46.4 Å². The predicted molar refractivity (Wildman–Crippen MR) is 90.8 cm³/mol. The topological polar surface area (TPSA) is 87.9 Å². The van der Waals surface area contributed by atoms with Crippen molar-refractivity contribution in [3.05, 3.63) is 53.2 Å². The molecule has 1 aromatic carbocycles. The van der Waals surface area contributed by atoms with Gasteiger partial charge in [-0.1, -0.05) is 28.9 Å². The first-order chi connectivity index (χ1) is 12.1. The van der Waals surface area contributed by atoms with Gasteiger partial charge in [-0.05, 0) is 31.9 Å². The highest BCUT2D eigenvalue weighted by Crippen LogP contribution is 2.39. The van der Waals surface area contributed by atoms with E-state index < -0.39 is 0 Å². The van der Waals surface area contributed by atoms with Crippen molar-refractivity contribution in [1.82, 2.24) is 25.2 Å². The molecule has 1 aliphatic rings. The molecule has 2 heterocycles. The van der Waals surface area contributed by atoms with Crippen molar-refractivity contribution in [3.8, 4) is 11.4 Å². The molecule has 0 aliphatic heterocycles. The number of rotatable bonds is 5. The first kappa shape index (κ1) is 15.6. The molecule has 1 fully saturated rings. The van der Waals surface area contributed by atoms with Crippen molar-refractivity contribution < 1.29 is 9.32 Å². The number of nitrogens with zero attached hydrogens (tertiary/aromatic N) is 4. The molecule has 1 N–H and O–H groups in total. The number of hydrogen-bond donors (Lipinski definition) is 1. The number of nitrogens with one attached hydrogen (secondary N) is 1. The second kappa shape index (κ2) is 6.16. The Morgan fingerprint density at radius 1 is 1.36 bits per heavy atom. The van der Waals surface area contributed by atoms with E-state index in [4.69, 9.17) is 4.52 Å². The highest BCUT2D eigenvalue weighted by molar-refractivity contribution is 5.92. The van der Waals surface area contributed by atoms with Crippen molar-refractivity contribution in [1.29, 1.82) is 0 Å². The lowest BCUT2D eigenvalue weighted by Crippen LogP contribution is -2.26. The van der Waals surface area contributed by atoms with Crippen LogP contribution in [-0.4, -0.2) is 38.2 Å². The summed E-state index contributed by atoms with van der Waals surface area (Å²) in [6.07, 6.45) is 2.32. The summed E-state index contributed by atoms with van der Waals surface area (Å²) in [6.45, 7) is 2.25. The minimum absolute atomic E-state index is 0.168. The molecule has 1 aliphatic carbocycles. The van der Waals surface area contributed by atoms with E-state index in [1.165, 1.54) is 4.90 Å². The largest absolute Gasteiger partial charge is 0.337 e. The molecule has 128 valence electrons. The zero-order valence-corrected chi connectivity index (χ0v) is 14.2. The van der Waals surface area contributed by atoms with Crippen LogP contribution in [0.4, 0.5) is 0 Å². The van der Waals surface area contributed by atoms with Crippen LogP contribution in [0.2, 0.25) is 0 Å². The quantitative estimate of drug-likeness (QED) is 0.773. The Labute approximate surface area is 145 Å². The normalized spacial score (nSPS) is 13.8. The van der Waals surface area contributed by atoms with E-state index in [1.54, 1.807) is 7.05 Å². The summed E-state index contributed by atoms with van der Waals surface area (Å²) in [5, 5.41) is 11.1. The number of hydrogen-bond acceptors (Lipinski definition) is 5. The second-order valence-corrected chi connectivity index (χ2v) is 6.53. The van der Waals surface area contributed by atoms with E-state index in [0.717, 1.165) is 29.7 Å². The number of aryl methyl sites for hydroxylation is 1. The van der Waals surface area contributed by atoms with Gasteiger partial charge in [-0.3, -0.25) is 9.89 Å². The molecule has 0 atom stereocenters. The van der Waals surface area contributed by atoms with Crippen LogP contribution in [0.5, 0.6) is 0 Å². The molecule has 0 bridgehead atoms. The van der Waals surface area contributed by atoms with Gasteiger partial charge in [0.05, 0.1) is 0 Å². The number of aromatic amines is 1. The van der Waals surface area contributed by atoms with Crippen molar-refractivity contribution in [2.24, 2.45) is 0 Å². The third-order valence-electron chi connectivity index (χ3n) is 4.30. The van der Waals surface area contributed by atoms with Gasteiger partial charge in [0.1, 0.15) is 12.2 Å². The third kappa shape index (κ3) is 3.31. The Morgan fingerprint density at radius 3 is 2.96 bits per heavy atom. The molecule has 1 amide bonds.